The molecular weight excluding hydrogens is 531 g/mol. The Morgan fingerprint density at radius 3 is 2.66 bits per heavy atom. The minimum absolute atomic E-state index is 0.0258. The number of rotatable bonds is 9. The first kappa shape index (κ1) is 26.4. The Hall–Kier alpha value is -3.24. The van der Waals surface area contributed by atoms with Crippen LogP contribution in [0.15, 0.2) is 36.7 Å². The summed E-state index contributed by atoms with van der Waals surface area (Å²) in [4.78, 5) is 48.5. The van der Waals surface area contributed by atoms with E-state index in [2.05, 4.69) is 20.4 Å². The number of carbonyl (C=O) groups is 3. The summed E-state index contributed by atoms with van der Waals surface area (Å²) in [6.07, 6.45) is 4.83. The van der Waals surface area contributed by atoms with Gasteiger partial charge in [-0.1, -0.05) is 0 Å². The third kappa shape index (κ3) is 5.47. The van der Waals surface area contributed by atoms with Crippen LogP contribution < -0.4 is 10.1 Å². The van der Waals surface area contributed by atoms with Gasteiger partial charge in [0, 0.05) is 43.7 Å². The van der Waals surface area contributed by atoms with E-state index in [1.165, 1.54) is 11.6 Å². The van der Waals surface area contributed by atoms with Crippen LogP contribution in [-0.2, 0) is 16.1 Å². The predicted molar refractivity (Wildman–Crippen MR) is 141 cm³/mol. The summed E-state index contributed by atoms with van der Waals surface area (Å²) in [6.45, 7) is 4.03. The number of Topliss-reactive ketones (excluding diaryl/α,β-unsaturated/α-hetero) is 1. The average molecular weight is 559 g/mol. The average Bonchev–Trinajstić information content (AvgIpc) is 3.22. The molecule has 1 saturated heterocycles. The number of hydrogen-bond acceptors (Lipinski definition) is 7. The smallest absolute Gasteiger partial charge is 0.245 e. The van der Waals surface area contributed by atoms with Gasteiger partial charge < -0.3 is 15.0 Å². The van der Waals surface area contributed by atoms with E-state index in [-0.39, 0.29) is 35.8 Å². The van der Waals surface area contributed by atoms with Gasteiger partial charge in [-0.3, -0.25) is 19.1 Å². The second kappa shape index (κ2) is 10.5. The van der Waals surface area contributed by atoms with E-state index in [0.29, 0.717) is 48.4 Å². The van der Waals surface area contributed by atoms with Crippen molar-refractivity contribution in [2.24, 2.45) is 5.92 Å². The number of fused-ring (bicyclic) bond motifs is 1. The fourth-order valence-electron chi connectivity index (χ4n) is 4.78. The summed E-state index contributed by atoms with van der Waals surface area (Å²) in [6, 6.07) is 6.43. The third-order valence-corrected chi connectivity index (χ3v) is 7.88. The largest absolute Gasteiger partial charge is 0.483 e. The van der Waals surface area contributed by atoms with E-state index >= 15 is 0 Å². The lowest BCUT2D eigenvalue weighted by Crippen LogP contribution is -2.47. The molecule has 1 aromatic carbocycles. The molecule has 0 radical (unpaired) electrons. The second-order valence-electron chi connectivity index (χ2n) is 9.76. The minimum Gasteiger partial charge on any atom is -0.483 e. The molecule has 200 valence electrons. The van der Waals surface area contributed by atoms with Crippen LogP contribution in [0, 0.1) is 5.92 Å². The zero-order valence-electron chi connectivity index (χ0n) is 21.1. The molecule has 1 N–H and O–H groups in total. The lowest BCUT2D eigenvalue weighted by atomic mass is 10.1. The molecule has 0 bridgehead atoms. The summed E-state index contributed by atoms with van der Waals surface area (Å²) in [5.41, 5.74) is 0.863. The quantitative estimate of drug-likeness (QED) is 0.315. The van der Waals surface area contributed by atoms with Crippen LogP contribution in [0.5, 0.6) is 5.75 Å². The van der Waals surface area contributed by atoms with Gasteiger partial charge in [-0.25, -0.2) is 9.97 Å². The Bertz CT molecular complexity index is 1380. The number of amides is 2. The lowest BCUT2D eigenvalue weighted by Gasteiger charge is -2.24. The van der Waals surface area contributed by atoms with Crippen molar-refractivity contribution in [3.05, 3.63) is 48.2 Å². The maximum absolute atomic E-state index is 13.3. The Kier molecular flexibility index (Phi) is 7.28. The minimum atomic E-state index is -0.772. The van der Waals surface area contributed by atoms with Crippen LogP contribution in [0.2, 0.25) is 0 Å². The number of nitrogens with one attached hydrogen (secondary N) is 1. The third-order valence-electron chi connectivity index (χ3n) is 6.96. The van der Waals surface area contributed by atoms with Gasteiger partial charge >= 0.3 is 0 Å². The van der Waals surface area contributed by atoms with Crippen molar-refractivity contribution in [2.45, 2.75) is 56.1 Å². The van der Waals surface area contributed by atoms with Crippen molar-refractivity contribution in [3.63, 3.8) is 0 Å². The molecule has 2 amide bonds. The number of likely N-dealkylation sites (tertiary alicyclic amines) is 1. The summed E-state index contributed by atoms with van der Waals surface area (Å²) in [7, 11) is 0. The van der Waals surface area contributed by atoms with Crippen LogP contribution in [0.25, 0.3) is 10.9 Å². The Morgan fingerprint density at radius 1 is 1.24 bits per heavy atom. The predicted octanol–water partition coefficient (Wildman–Crippen LogP) is 3.47. The first-order valence-corrected chi connectivity index (χ1v) is 13.3. The highest BCUT2D eigenvalue weighted by molar-refractivity contribution is 6.50. The van der Waals surface area contributed by atoms with Crippen molar-refractivity contribution in [3.8, 4) is 5.75 Å². The standard InChI is InChI=1S/C26H28Cl2N6O4/c1-15(35)23-19-11-18(38-16(2)24-29-8-4-9-30-24)6-7-20(19)34(32-23)14-22(36)33-10-3-5-21(33)25(37)31-13-17-12-26(17,27)28/h4,6-9,11,16-17,21H,3,5,10,12-14H2,1-2H3,(H,31,37)/t16?,17-,21+/m1/s1. The van der Waals surface area contributed by atoms with Gasteiger partial charge in [0.15, 0.2) is 17.7 Å². The maximum Gasteiger partial charge on any atom is 0.245 e. The van der Waals surface area contributed by atoms with E-state index in [0.717, 1.165) is 6.42 Å². The number of benzene rings is 1. The number of halogens is 2. The molecule has 1 aliphatic heterocycles. The fraction of sp³-hybridized carbons (Fsp3) is 0.462. The van der Waals surface area contributed by atoms with Crippen molar-refractivity contribution in [1.82, 2.24) is 30.0 Å². The Balaban J connectivity index is 1.31. The summed E-state index contributed by atoms with van der Waals surface area (Å²) in [5.74, 6) is 0.402. The Morgan fingerprint density at radius 2 is 1.97 bits per heavy atom. The van der Waals surface area contributed by atoms with Gasteiger partial charge in [0.05, 0.1) is 5.52 Å². The monoisotopic (exact) mass is 558 g/mol. The number of carbonyl (C=O) groups excluding carboxylic acids is 3. The van der Waals surface area contributed by atoms with Crippen LogP contribution in [0.1, 0.15) is 55.5 Å². The van der Waals surface area contributed by atoms with E-state index < -0.39 is 16.5 Å². The molecule has 2 fully saturated rings. The number of nitrogens with zero attached hydrogens (tertiary/aromatic N) is 5. The van der Waals surface area contributed by atoms with E-state index in [9.17, 15) is 14.4 Å². The van der Waals surface area contributed by atoms with Gasteiger partial charge in [0.25, 0.3) is 0 Å². The number of aromatic nitrogens is 4. The van der Waals surface area contributed by atoms with Gasteiger partial charge in [-0.05, 0) is 50.5 Å². The highest BCUT2D eigenvalue weighted by Crippen LogP contribution is 2.52. The number of alkyl halides is 2. The first-order chi connectivity index (χ1) is 18.1. The molecule has 2 aliphatic rings. The highest BCUT2D eigenvalue weighted by Gasteiger charge is 2.51. The molecular formula is C26H28Cl2N6O4. The molecule has 3 atom stereocenters. The molecule has 1 aliphatic carbocycles. The summed E-state index contributed by atoms with van der Waals surface area (Å²) in [5, 5.41) is 7.90. The molecule has 10 nitrogen and oxygen atoms in total. The van der Waals surface area contributed by atoms with Crippen LogP contribution in [0.4, 0.5) is 0 Å². The van der Waals surface area contributed by atoms with Crippen LogP contribution in [-0.4, -0.2) is 65.7 Å². The molecule has 2 aromatic heterocycles. The highest BCUT2D eigenvalue weighted by atomic mass is 35.5. The second-order valence-corrected chi connectivity index (χ2v) is 11.3. The zero-order valence-corrected chi connectivity index (χ0v) is 22.6. The first-order valence-electron chi connectivity index (χ1n) is 12.5. The number of ether oxygens (including phenoxy) is 1. The molecule has 38 heavy (non-hydrogen) atoms. The van der Waals surface area contributed by atoms with Gasteiger partial charge in [0.2, 0.25) is 11.8 Å². The fourth-order valence-corrected chi connectivity index (χ4v) is 5.31. The molecule has 3 heterocycles. The molecule has 0 spiro atoms. The summed E-state index contributed by atoms with van der Waals surface area (Å²) >= 11 is 12.1. The zero-order chi connectivity index (χ0) is 27.0. The topological polar surface area (TPSA) is 119 Å². The molecule has 5 rings (SSSR count). The molecule has 12 heteroatoms. The van der Waals surface area contributed by atoms with Gasteiger partial charge in [-0.15, -0.1) is 23.2 Å². The lowest BCUT2D eigenvalue weighted by molar-refractivity contribution is -0.139. The van der Waals surface area contributed by atoms with Crippen molar-refractivity contribution < 1.29 is 19.1 Å². The van der Waals surface area contributed by atoms with E-state index in [1.807, 2.05) is 6.92 Å². The van der Waals surface area contributed by atoms with Crippen LogP contribution in [0.3, 0.4) is 0 Å². The van der Waals surface area contributed by atoms with Gasteiger partial charge in [0.1, 0.15) is 28.4 Å². The summed E-state index contributed by atoms with van der Waals surface area (Å²) < 4.78 is 6.74. The SMILES string of the molecule is CC(=O)c1nn(CC(=O)N2CCC[C@H]2C(=O)NC[C@H]2CC2(Cl)Cl)c2ccc(OC(C)c3ncccn3)cc12. The normalized spacial score (nSPS) is 20.8. The molecule has 1 unspecified atom stereocenters. The number of hydrogen-bond donors (Lipinski definition) is 1. The van der Waals surface area contributed by atoms with Crippen molar-refractivity contribution in [1.29, 1.82) is 0 Å². The Labute approximate surface area is 229 Å². The maximum atomic E-state index is 13.3. The number of ketones is 1. The molecule has 3 aromatic rings. The van der Waals surface area contributed by atoms with Crippen molar-refractivity contribution in [2.75, 3.05) is 13.1 Å². The van der Waals surface area contributed by atoms with Crippen LogP contribution >= 0.6 is 23.2 Å². The van der Waals surface area contributed by atoms with E-state index in [4.69, 9.17) is 27.9 Å². The van der Waals surface area contributed by atoms with E-state index in [1.54, 1.807) is 41.6 Å². The molecule has 1 saturated carbocycles. The van der Waals surface area contributed by atoms with Crippen molar-refractivity contribution >= 4 is 51.7 Å². The van der Waals surface area contributed by atoms with Gasteiger partial charge in [-0.2, -0.15) is 5.10 Å².